The minimum absolute atomic E-state index is 0.730. The van der Waals surface area contributed by atoms with Crippen molar-refractivity contribution in [3.63, 3.8) is 0 Å². The molecule has 0 unspecified atom stereocenters. The van der Waals surface area contributed by atoms with Gasteiger partial charge in [-0.15, -0.1) is 6.08 Å². The molecule has 0 aliphatic rings. The highest BCUT2D eigenvalue weighted by molar-refractivity contribution is 6.58. The first-order valence-electron chi connectivity index (χ1n) is 4.42. The molecule has 72 valence electrons. The molecule has 0 N–H and O–H groups in total. The van der Waals surface area contributed by atoms with E-state index in [0.29, 0.717) is 0 Å². The van der Waals surface area contributed by atoms with Gasteiger partial charge in [-0.2, -0.15) is 0 Å². The minimum atomic E-state index is -4.61. The lowest BCUT2D eigenvalue weighted by molar-refractivity contribution is 0.477. The van der Waals surface area contributed by atoms with Gasteiger partial charge in [-0.3, -0.25) is 0 Å². The Kier molecular flexibility index (Phi) is 5.94. The zero-order chi connectivity index (χ0) is 9.45. The van der Waals surface area contributed by atoms with Crippen LogP contribution < -0.4 is 0 Å². The predicted molar refractivity (Wildman–Crippen MR) is 47.2 cm³/mol. The molecule has 0 nitrogen and oxygen atoms in total. The second-order valence-corrected chi connectivity index (χ2v) is 2.91. The third-order valence-corrected chi connectivity index (χ3v) is 1.54. The van der Waals surface area contributed by atoms with Crippen LogP contribution in [0, 0.1) is 0 Å². The third-order valence-electron chi connectivity index (χ3n) is 1.54. The standard InChI is InChI=1S/C8H15BF3/c1-2-3-4-5-6-7-8-9(10,11)12/h6-7H,2-5,8H2,1H3/q-1/b7-6+. The summed E-state index contributed by atoms with van der Waals surface area (Å²) in [7, 11) is 0. The Labute approximate surface area is 71.9 Å². The summed E-state index contributed by atoms with van der Waals surface area (Å²) in [5.74, 6) is 0. The summed E-state index contributed by atoms with van der Waals surface area (Å²) >= 11 is 0. The van der Waals surface area contributed by atoms with E-state index in [0.717, 1.165) is 25.7 Å². The highest BCUT2D eigenvalue weighted by atomic mass is 19.4. The number of hydrogen-bond donors (Lipinski definition) is 0. The second kappa shape index (κ2) is 6.15. The summed E-state index contributed by atoms with van der Waals surface area (Å²) in [6.45, 7) is -2.54. The average molecular weight is 179 g/mol. The summed E-state index contributed by atoms with van der Waals surface area (Å²) in [5, 5.41) is 0. The first kappa shape index (κ1) is 11.6. The SMILES string of the molecule is CCCCC/C=C/C[B-](F)(F)F. The van der Waals surface area contributed by atoms with Crippen LogP contribution in [-0.2, 0) is 0 Å². The fraction of sp³-hybridized carbons (Fsp3) is 0.750. The summed E-state index contributed by atoms with van der Waals surface area (Å²) in [6.07, 6.45) is 6.11. The molecular formula is C8H15BF3-. The van der Waals surface area contributed by atoms with E-state index in [4.69, 9.17) is 0 Å². The lowest BCUT2D eigenvalue weighted by atomic mass is 9.86. The molecule has 0 heterocycles. The Morgan fingerprint density at radius 1 is 1.08 bits per heavy atom. The zero-order valence-corrected chi connectivity index (χ0v) is 7.40. The first-order chi connectivity index (χ1) is 5.56. The predicted octanol–water partition coefficient (Wildman–Crippen LogP) is 3.97. The van der Waals surface area contributed by atoms with E-state index in [1.54, 1.807) is 6.08 Å². The fourth-order valence-corrected chi connectivity index (χ4v) is 0.881. The summed E-state index contributed by atoms with van der Waals surface area (Å²) in [6, 6.07) is 0. The van der Waals surface area contributed by atoms with Gasteiger partial charge in [-0.25, -0.2) is 0 Å². The van der Waals surface area contributed by atoms with E-state index < -0.39 is 13.3 Å². The van der Waals surface area contributed by atoms with Crippen molar-refractivity contribution in [3.8, 4) is 0 Å². The molecule has 0 atom stereocenters. The number of halogens is 3. The van der Waals surface area contributed by atoms with E-state index >= 15 is 0 Å². The molecule has 4 heteroatoms. The Balaban J connectivity index is 3.26. The molecule has 0 fully saturated rings. The number of hydrogen-bond acceptors (Lipinski definition) is 0. The third kappa shape index (κ3) is 9.59. The van der Waals surface area contributed by atoms with Crippen LogP contribution in [0.1, 0.15) is 32.6 Å². The molecular weight excluding hydrogens is 164 g/mol. The summed E-state index contributed by atoms with van der Waals surface area (Å²) in [5.41, 5.74) is 0. The topological polar surface area (TPSA) is 0 Å². The van der Waals surface area contributed by atoms with Crippen LogP contribution in [0.5, 0.6) is 0 Å². The second-order valence-electron chi connectivity index (χ2n) is 2.91. The molecule has 0 bridgehead atoms. The van der Waals surface area contributed by atoms with E-state index in [-0.39, 0.29) is 0 Å². The van der Waals surface area contributed by atoms with Gasteiger partial charge in [0.1, 0.15) is 0 Å². The van der Waals surface area contributed by atoms with E-state index in [1.807, 2.05) is 0 Å². The maximum absolute atomic E-state index is 11.6. The van der Waals surface area contributed by atoms with Gasteiger partial charge in [0.05, 0.1) is 0 Å². The Hall–Kier alpha value is -0.405. The van der Waals surface area contributed by atoms with E-state index in [9.17, 15) is 12.9 Å². The van der Waals surface area contributed by atoms with Crippen LogP contribution in [-0.4, -0.2) is 6.98 Å². The van der Waals surface area contributed by atoms with Gasteiger partial charge in [0, 0.05) is 0 Å². The van der Waals surface area contributed by atoms with Gasteiger partial charge < -0.3 is 12.9 Å². The molecule has 0 rings (SSSR count). The van der Waals surface area contributed by atoms with Crippen molar-refractivity contribution < 1.29 is 12.9 Å². The van der Waals surface area contributed by atoms with Gasteiger partial charge in [0.15, 0.2) is 0 Å². The lowest BCUT2D eigenvalue weighted by Gasteiger charge is -2.08. The lowest BCUT2D eigenvalue weighted by Crippen LogP contribution is -2.11. The van der Waals surface area contributed by atoms with Crippen molar-refractivity contribution in [2.75, 3.05) is 0 Å². The van der Waals surface area contributed by atoms with Crippen LogP contribution in [0.4, 0.5) is 12.9 Å². The molecule has 0 spiro atoms. The molecule has 0 saturated carbocycles. The summed E-state index contributed by atoms with van der Waals surface area (Å²) in [4.78, 5) is 0. The number of allylic oxidation sites excluding steroid dienone is 2. The van der Waals surface area contributed by atoms with Gasteiger partial charge in [0.2, 0.25) is 0 Å². The molecule has 0 aromatic heterocycles. The van der Waals surface area contributed by atoms with E-state index in [1.165, 1.54) is 6.08 Å². The number of unbranched alkanes of at least 4 members (excludes halogenated alkanes) is 3. The van der Waals surface area contributed by atoms with Crippen LogP contribution >= 0.6 is 0 Å². The van der Waals surface area contributed by atoms with Crippen molar-refractivity contribution in [3.05, 3.63) is 12.2 Å². The minimum Gasteiger partial charge on any atom is -0.449 e. The van der Waals surface area contributed by atoms with Crippen molar-refractivity contribution in [2.24, 2.45) is 0 Å². The molecule has 0 aromatic rings. The van der Waals surface area contributed by atoms with Crippen LogP contribution in [0.2, 0.25) is 6.32 Å². The first-order valence-corrected chi connectivity index (χ1v) is 4.42. The normalized spacial score (nSPS) is 12.7. The Morgan fingerprint density at radius 3 is 2.25 bits per heavy atom. The molecule has 0 aliphatic carbocycles. The Morgan fingerprint density at radius 2 is 1.75 bits per heavy atom. The molecule has 12 heavy (non-hydrogen) atoms. The van der Waals surface area contributed by atoms with Gasteiger partial charge >= 0.3 is 6.98 Å². The average Bonchev–Trinajstić information content (AvgIpc) is 1.94. The zero-order valence-electron chi connectivity index (χ0n) is 7.40. The fourth-order valence-electron chi connectivity index (χ4n) is 0.881. The largest absolute Gasteiger partial charge is 0.482 e. The monoisotopic (exact) mass is 179 g/mol. The van der Waals surface area contributed by atoms with Crippen LogP contribution in [0.3, 0.4) is 0 Å². The highest BCUT2D eigenvalue weighted by Gasteiger charge is 2.19. The van der Waals surface area contributed by atoms with Gasteiger partial charge in [-0.05, 0) is 12.8 Å². The molecule has 0 aromatic carbocycles. The molecule has 0 amide bonds. The van der Waals surface area contributed by atoms with Crippen molar-refractivity contribution in [2.45, 2.75) is 38.9 Å². The highest BCUT2D eigenvalue weighted by Crippen LogP contribution is 2.15. The number of rotatable bonds is 6. The van der Waals surface area contributed by atoms with Crippen molar-refractivity contribution in [1.82, 2.24) is 0 Å². The van der Waals surface area contributed by atoms with Gasteiger partial charge in [-0.1, -0.05) is 32.2 Å². The van der Waals surface area contributed by atoms with Crippen molar-refractivity contribution >= 4 is 6.98 Å². The van der Waals surface area contributed by atoms with Crippen LogP contribution in [0.15, 0.2) is 12.2 Å². The van der Waals surface area contributed by atoms with E-state index in [2.05, 4.69) is 6.92 Å². The maximum atomic E-state index is 11.6. The summed E-state index contributed by atoms with van der Waals surface area (Å²) < 4.78 is 34.9. The molecule has 0 radical (unpaired) electrons. The smallest absolute Gasteiger partial charge is 0.449 e. The molecule has 0 saturated heterocycles. The quantitative estimate of drug-likeness (QED) is 0.328. The van der Waals surface area contributed by atoms with Gasteiger partial charge in [0.25, 0.3) is 0 Å². The van der Waals surface area contributed by atoms with Crippen LogP contribution in [0.25, 0.3) is 0 Å². The maximum Gasteiger partial charge on any atom is 0.482 e. The van der Waals surface area contributed by atoms with Crippen molar-refractivity contribution in [1.29, 1.82) is 0 Å². The molecule has 0 aliphatic heterocycles. The Bertz CT molecular complexity index is 129.